The van der Waals surface area contributed by atoms with E-state index in [0.29, 0.717) is 47.6 Å². The number of rotatable bonds is 17. The molecule has 0 saturated carbocycles. The predicted molar refractivity (Wildman–Crippen MR) is 133 cm³/mol. The maximum absolute atomic E-state index is 12.2. The molecule has 0 aliphatic heterocycles. The third kappa shape index (κ3) is 10.1. The number of carbonyl (C=O) groups excluding carboxylic acids is 2. The van der Waals surface area contributed by atoms with Crippen molar-refractivity contribution in [2.24, 2.45) is 11.7 Å². The smallest absolute Gasteiger partial charge is 0.273 e. The standard InChI is InChI=1S/C24H36N4O5S/c1-3-17(4-2)6-5-11-27-23(31)21-15-28-24(34-21)33-16-19(29)14-26-12-13-32-20-9-7-18(8-10-20)22(25)30/h7-10,15,17,19,26,29H,3-6,11-14,16H2,1-2H3,(H2,25,30)(H,27,31). The fraction of sp³-hybridized carbons (Fsp3) is 0.542. The Balaban J connectivity index is 1.57. The number of benzene rings is 1. The fourth-order valence-electron chi connectivity index (χ4n) is 3.26. The van der Waals surface area contributed by atoms with E-state index in [9.17, 15) is 14.7 Å². The number of carbonyl (C=O) groups is 2. The molecule has 1 aromatic heterocycles. The average Bonchev–Trinajstić information content (AvgIpc) is 3.32. The molecule has 0 fully saturated rings. The molecule has 188 valence electrons. The predicted octanol–water partition coefficient (Wildman–Crippen LogP) is 2.60. The van der Waals surface area contributed by atoms with Gasteiger partial charge >= 0.3 is 0 Å². The molecule has 2 rings (SSSR count). The van der Waals surface area contributed by atoms with Gasteiger partial charge in [0.1, 0.15) is 29.9 Å². The summed E-state index contributed by atoms with van der Waals surface area (Å²) in [4.78, 5) is 27.9. The second-order valence-electron chi connectivity index (χ2n) is 7.98. The molecule has 0 spiro atoms. The van der Waals surface area contributed by atoms with Crippen molar-refractivity contribution < 1.29 is 24.2 Å². The van der Waals surface area contributed by atoms with Gasteiger partial charge in [-0.15, -0.1) is 0 Å². The van der Waals surface area contributed by atoms with Crippen molar-refractivity contribution in [1.29, 1.82) is 0 Å². The van der Waals surface area contributed by atoms with Crippen LogP contribution in [0.25, 0.3) is 0 Å². The Morgan fingerprint density at radius 2 is 1.88 bits per heavy atom. The summed E-state index contributed by atoms with van der Waals surface area (Å²) in [6.07, 6.45) is 5.18. The number of nitrogens with one attached hydrogen (secondary N) is 2. The van der Waals surface area contributed by atoms with E-state index in [0.717, 1.165) is 30.1 Å². The maximum atomic E-state index is 12.2. The summed E-state index contributed by atoms with van der Waals surface area (Å²) in [5, 5.41) is 16.4. The van der Waals surface area contributed by atoms with Gasteiger partial charge in [0.25, 0.3) is 11.1 Å². The SMILES string of the molecule is CCC(CC)CCCNC(=O)c1cnc(OCC(O)CNCCOc2ccc(C(N)=O)cc2)s1. The van der Waals surface area contributed by atoms with Crippen molar-refractivity contribution in [2.75, 3.05) is 32.8 Å². The van der Waals surface area contributed by atoms with Crippen LogP contribution in [0.3, 0.4) is 0 Å². The highest BCUT2D eigenvalue weighted by Crippen LogP contribution is 2.21. The van der Waals surface area contributed by atoms with E-state index in [4.69, 9.17) is 15.2 Å². The Labute approximate surface area is 205 Å². The number of hydrogen-bond acceptors (Lipinski definition) is 8. The van der Waals surface area contributed by atoms with Gasteiger partial charge in [0.2, 0.25) is 5.91 Å². The Kier molecular flexibility index (Phi) is 12.4. The van der Waals surface area contributed by atoms with E-state index in [1.807, 2.05) is 0 Å². The summed E-state index contributed by atoms with van der Waals surface area (Å²) in [7, 11) is 0. The van der Waals surface area contributed by atoms with Crippen LogP contribution in [0.1, 0.15) is 59.6 Å². The number of ether oxygens (including phenoxy) is 2. The van der Waals surface area contributed by atoms with Crippen molar-refractivity contribution in [2.45, 2.75) is 45.6 Å². The van der Waals surface area contributed by atoms with E-state index in [2.05, 4.69) is 29.5 Å². The number of aromatic nitrogens is 1. The van der Waals surface area contributed by atoms with Gasteiger partial charge in [-0.1, -0.05) is 38.0 Å². The molecule has 1 atom stereocenters. The molecule has 1 heterocycles. The van der Waals surface area contributed by atoms with E-state index in [1.54, 1.807) is 24.3 Å². The number of thiazole rings is 1. The highest BCUT2D eigenvalue weighted by atomic mass is 32.1. The average molecular weight is 493 g/mol. The second-order valence-corrected chi connectivity index (χ2v) is 8.97. The molecule has 0 aliphatic rings. The number of nitrogens with two attached hydrogens (primary N) is 1. The zero-order valence-electron chi connectivity index (χ0n) is 19.9. The van der Waals surface area contributed by atoms with Crippen LogP contribution < -0.4 is 25.8 Å². The zero-order valence-corrected chi connectivity index (χ0v) is 20.7. The molecule has 0 saturated heterocycles. The van der Waals surface area contributed by atoms with Crippen molar-refractivity contribution in [1.82, 2.24) is 15.6 Å². The minimum atomic E-state index is -0.735. The molecule has 2 aromatic rings. The first kappa shape index (κ1) is 27.6. The molecule has 34 heavy (non-hydrogen) atoms. The highest BCUT2D eigenvalue weighted by Gasteiger charge is 2.13. The molecule has 2 amide bonds. The molecule has 0 radical (unpaired) electrons. The minimum absolute atomic E-state index is 0.0619. The Morgan fingerprint density at radius 1 is 1.15 bits per heavy atom. The van der Waals surface area contributed by atoms with Crippen molar-refractivity contribution in [3.63, 3.8) is 0 Å². The molecular formula is C24H36N4O5S. The summed E-state index contributed by atoms with van der Waals surface area (Å²) >= 11 is 1.16. The molecule has 10 heteroatoms. The monoisotopic (exact) mass is 492 g/mol. The number of aliphatic hydroxyl groups excluding tert-OH is 1. The Morgan fingerprint density at radius 3 is 2.56 bits per heavy atom. The third-order valence-electron chi connectivity index (χ3n) is 5.40. The molecule has 1 unspecified atom stereocenters. The fourth-order valence-corrected chi connectivity index (χ4v) is 3.95. The highest BCUT2D eigenvalue weighted by molar-refractivity contribution is 7.15. The van der Waals surface area contributed by atoms with Crippen LogP contribution in [0, 0.1) is 5.92 Å². The van der Waals surface area contributed by atoms with Gasteiger partial charge in [-0.05, 0) is 43.0 Å². The molecular weight excluding hydrogens is 456 g/mol. The van der Waals surface area contributed by atoms with Crippen molar-refractivity contribution >= 4 is 23.2 Å². The van der Waals surface area contributed by atoms with Gasteiger partial charge in [0.15, 0.2) is 0 Å². The summed E-state index contributed by atoms with van der Waals surface area (Å²) < 4.78 is 11.1. The lowest BCUT2D eigenvalue weighted by atomic mass is 9.98. The maximum Gasteiger partial charge on any atom is 0.273 e. The van der Waals surface area contributed by atoms with Gasteiger partial charge < -0.3 is 30.9 Å². The molecule has 0 aliphatic carbocycles. The molecule has 5 N–H and O–H groups in total. The van der Waals surface area contributed by atoms with Gasteiger partial charge in [0, 0.05) is 25.2 Å². The van der Waals surface area contributed by atoms with Crippen LogP contribution in [0.4, 0.5) is 0 Å². The minimum Gasteiger partial charge on any atom is -0.492 e. The number of amides is 2. The molecule has 1 aromatic carbocycles. The number of hydrogen-bond donors (Lipinski definition) is 4. The van der Waals surface area contributed by atoms with Gasteiger partial charge in [-0.2, -0.15) is 0 Å². The van der Waals surface area contributed by atoms with Crippen LogP contribution >= 0.6 is 11.3 Å². The summed E-state index contributed by atoms with van der Waals surface area (Å²) in [5.74, 6) is 0.717. The lowest BCUT2D eigenvalue weighted by molar-refractivity contribution is 0.0954. The van der Waals surface area contributed by atoms with Crippen LogP contribution in [0.5, 0.6) is 10.9 Å². The van der Waals surface area contributed by atoms with Crippen LogP contribution in [0.15, 0.2) is 30.5 Å². The van der Waals surface area contributed by atoms with Gasteiger partial charge in [-0.3, -0.25) is 9.59 Å². The van der Waals surface area contributed by atoms with Crippen LogP contribution in [0.2, 0.25) is 0 Å². The van der Waals surface area contributed by atoms with E-state index >= 15 is 0 Å². The summed E-state index contributed by atoms with van der Waals surface area (Å²) in [5.41, 5.74) is 5.63. The summed E-state index contributed by atoms with van der Waals surface area (Å²) in [6.45, 7) is 6.34. The lowest BCUT2D eigenvalue weighted by Crippen LogP contribution is -2.33. The number of aliphatic hydroxyl groups is 1. The summed E-state index contributed by atoms with van der Waals surface area (Å²) in [6, 6.07) is 6.57. The number of primary amides is 1. The first-order valence-corrected chi connectivity index (χ1v) is 12.5. The number of nitrogens with zero attached hydrogens (tertiary/aromatic N) is 1. The molecule has 0 bridgehead atoms. The Hall–Kier alpha value is -2.69. The van der Waals surface area contributed by atoms with Crippen molar-refractivity contribution in [3.8, 4) is 10.9 Å². The van der Waals surface area contributed by atoms with E-state index in [-0.39, 0.29) is 12.5 Å². The zero-order chi connectivity index (χ0) is 24.8. The first-order chi connectivity index (χ1) is 16.4. The van der Waals surface area contributed by atoms with Gasteiger partial charge in [0.05, 0.1) is 6.20 Å². The van der Waals surface area contributed by atoms with E-state index in [1.165, 1.54) is 19.0 Å². The van der Waals surface area contributed by atoms with Gasteiger partial charge in [-0.25, -0.2) is 4.98 Å². The third-order valence-corrected chi connectivity index (χ3v) is 6.31. The van der Waals surface area contributed by atoms with Crippen molar-refractivity contribution in [3.05, 3.63) is 40.9 Å². The largest absolute Gasteiger partial charge is 0.492 e. The van der Waals surface area contributed by atoms with Crippen LogP contribution in [-0.2, 0) is 0 Å². The lowest BCUT2D eigenvalue weighted by Gasteiger charge is -2.12. The first-order valence-electron chi connectivity index (χ1n) is 11.7. The second kappa shape index (κ2) is 15.3. The normalized spacial score (nSPS) is 11.9. The quantitative estimate of drug-likeness (QED) is 0.249. The molecule has 9 nitrogen and oxygen atoms in total. The van der Waals surface area contributed by atoms with Crippen LogP contribution in [-0.4, -0.2) is 60.9 Å². The topological polar surface area (TPSA) is 136 Å². The Bertz CT molecular complexity index is 871. The van der Waals surface area contributed by atoms with E-state index < -0.39 is 12.0 Å².